The Morgan fingerprint density at radius 1 is 1.24 bits per heavy atom. The number of hydrogen-bond donors (Lipinski definition) is 1. The number of hydrogen-bond acceptors (Lipinski definition) is 3. The van der Waals surface area contributed by atoms with Gasteiger partial charge in [0.25, 0.3) is 0 Å². The molecule has 0 fully saturated rings. The molecule has 0 aliphatic carbocycles. The second kappa shape index (κ2) is 7.18. The maximum absolute atomic E-state index is 11.8. The molecule has 2 N–H and O–H groups in total. The van der Waals surface area contributed by atoms with Crippen LogP contribution in [0, 0.1) is 5.41 Å². The van der Waals surface area contributed by atoms with E-state index in [2.05, 4.69) is 23.5 Å². The summed E-state index contributed by atoms with van der Waals surface area (Å²) in [6, 6.07) is 0. The molecule has 0 spiro atoms. The van der Waals surface area contributed by atoms with Crippen molar-refractivity contribution in [2.75, 3.05) is 39.9 Å². The monoisotopic (exact) mass is 256 g/mol. The molecule has 0 aliphatic heterocycles. The summed E-state index contributed by atoms with van der Waals surface area (Å²) in [6.45, 7) is 5.21. The predicted octanol–water partition coefficient (Wildman–Crippen LogP) is 1.87. The number of ether oxygens (including phenoxy) is 1. The van der Waals surface area contributed by atoms with Gasteiger partial charge in [0.1, 0.15) is 6.61 Å². The van der Waals surface area contributed by atoms with E-state index in [1.807, 2.05) is 7.05 Å². The molecule has 0 aromatic carbocycles. The Bertz CT molecular complexity index is 207. The van der Waals surface area contributed by atoms with Crippen molar-refractivity contribution in [2.24, 2.45) is 11.1 Å². The first-order valence-corrected chi connectivity index (χ1v) is 5.69. The maximum atomic E-state index is 11.8. The Balaban J connectivity index is 3.56. The van der Waals surface area contributed by atoms with Gasteiger partial charge in [0.05, 0.1) is 0 Å². The number of halogens is 3. The molecule has 0 aromatic heterocycles. The van der Waals surface area contributed by atoms with E-state index >= 15 is 0 Å². The quantitative estimate of drug-likeness (QED) is 0.674. The Morgan fingerprint density at radius 3 is 2.29 bits per heavy atom. The van der Waals surface area contributed by atoms with Crippen LogP contribution < -0.4 is 5.73 Å². The molecule has 0 bridgehead atoms. The number of alkyl halides is 3. The summed E-state index contributed by atoms with van der Waals surface area (Å²) in [5.74, 6) is 0. The molecule has 0 amide bonds. The molecule has 0 heterocycles. The van der Waals surface area contributed by atoms with Gasteiger partial charge in [-0.05, 0) is 25.4 Å². The van der Waals surface area contributed by atoms with Crippen LogP contribution in [0.2, 0.25) is 0 Å². The molecular formula is C11H23F3N2O. The van der Waals surface area contributed by atoms with Gasteiger partial charge in [-0.25, -0.2) is 0 Å². The van der Waals surface area contributed by atoms with E-state index in [9.17, 15) is 13.2 Å². The van der Waals surface area contributed by atoms with Gasteiger partial charge in [-0.1, -0.05) is 13.8 Å². The van der Waals surface area contributed by atoms with E-state index in [1.165, 1.54) is 0 Å². The highest BCUT2D eigenvalue weighted by molar-refractivity contribution is 4.72. The van der Waals surface area contributed by atoms with Crippen LogP contribution in [0.1, 0.15) is 20.3 Å². The summed E-state index contributed by atoms with van der Waals surface area (Å²) < 4.78 is 39.8. The van der Waals surface area contributed by atoms with Crippen molar-refractivity contribution in [3.63, 3.8) is 0 Å². The van der Waals surface area contributed by atoms with Gasteiger partial charge >= 0.3 is 6.18 Å². The molecule has 0 atom stereocenters. The number of nitrogens with zero attached hydrogens (tertiary/aromatic N) is 1. The van der Waals surface area contributed by atoms with E-state index in [4.69, 9.17) is 5.73 Å². The first-order chi connectivity index (χ1) is 7.66. The maximum Gasteiger partial charge on any atom is 0.411 e. The normalized spacial score (nSPS) is 13.4. The van der Waals surface area contributed by atoms with Crippen molar-refractivity contribution in [3.8, 4) is 0 Å². The molecular weight excluding hydrogens is 233 g/mol. The molecule has 17 heavy (non-hydrogen) atoms. The van der Waals surface area contributed by atoms with Crippen LogP contribution in [0.5, 0.6) is 0 Å². The highest BCUT2D eigenvalue weighted by Crippen LogP contribution is 2.15. The second-order valence-electron chi connectivity index (χ2n) is 5.13. The molecule has 0 saturated carbocycles. The fourth-order valence-corrected chi connectivity index (χ4v) is 1.50. The van der Waals surface area contributed by atoms with Crippen molar-refractivity contribution in [3.05, 3.63) is 0 Å². The van der Waals surface area contributed by atoms with E-state index in [-0.39, 0.29) is 12.0 Å². The molecule has 0 radical (unpaired) electrons. The standard InChI is InChI=1S/C11H23F3N2O/c1-10(2,7-15)8-16(3)5-4-6-17-9-11(12,13)14/h4-9,15H2,1-3H3. The van der Waals surface area contributed by atoms with Gasteiger partial charge in [-0.3, -0.25) is 0 Å². The Morgan fingerprint density at radius 2 is 1.82 bits per heavy atom. The summed E-state index contributed by atoms with van der Waals surface area (Å²) >= 11 is 0. The van der Waals surface area contributed by atoms with Crippen LogP contribution in [0.25, 0.3) is 0 Å². The molecule has 104 valence electrons. The number of nitrogens with two attached hydrogens (primary N) is 1. The lowest BCUT2D eigenvalue weighted by atomic mass is 9.93. The van der Waals surface area contributed by atoms with Crippen LogP contribution in [0.3, 0.4) is 0 Å². The molecule has 0 aliphatic rings. The lowest BCUT2D eigenvalue weighted by Gasteiger charge is -2.28. The third-order valence-electron chi connectivity index (χ3n) is 2.34. The van der Waals surface area contributed by atoms with Gasteiger partial charge in [0.15, 0.2) is 0 Å². The minimum absolute atomic E-state index is 0.0293. The smallest absolute Gasteiger partial charge is 0.372 e. The van der Waals surface area contributed by atoms with Gasteiger partial charge in [0, 0.05) is 19.7 Å². The fraction of sp³-hybridized carbons (Fsp3) is 1.00. The van der Waals surface area contributed by atoms with Crippen LogP contribution in [-0.2, 0) is 4.74 Å². The largest absolute Gasteiger partial charge is 0.411 e. The second-order valence-corrected chi connectivity index (χ2v) is 5.13. The third kappa shape index (κ3) is 10.5. The van der Waals surface area contributed by atoms with Crippen LogP contribution in [0.4, 0.5) is 13.2 Å². The lowest BCUT2D eigenvalue weighted by Crippen LogP contribution is -2.37. The van der Waals surface area contributed by atoms with E-state index < -0.39 is 12.8 Å². The lowest BCUT2D eigenvalue weighted by molar-refractivity contribution is -0.174. The number of rotatable bonds is 8. The van der Waals surface area contributed by atoms with Crippen molar-refractivity contribution < 1.29 is 17.9 Å². The highest BCUT2D eigenvalue weighted by Gasteiger charge is 2.27. The molecule has 6 heteroatoms. The molecule has 0 unspecified atom stereocenters. The van der Waals surface area contributed by atoms with Crippen molar-refractivity contribution >= 4 is 0 Å². The molecule has 0 aromatic rings. The van der Waals surface area contributed by atoms with Crippen LogP contribution >= 0.6 is 0 Å². The summed E-state index contributed by atoms with van der Waals surface area (Å²) in [4.78, 5) is 2.06. The molecule has 0 saturated heterocycles. The summed E-state index contributed by atoms with van der Waals surface area (Å²) in [5, 5.41) is 0. The van der Waals surface area contributed by atoms with Crippen LogP contribution in [0.15, 0.2) is 0 Å². The molecule has 3 nitrogen and oxygen atoms in total. The molecule has 0 rings (SSSR count). The predicted molar refractivity (Wildman–Crippen MR) is 61.8 cm³/mol. The SMILES string of the molecule is CN(CCCOCC(F)(F)F)CC(C)(C)CN. The van der Waals surface area contributed by atoms with Crippen molar-refractivity contribution in [1.29, 1.82) is 0 Å². The Labute approximate surface area is 101 Å². The summed E-state index contributed by atoms with van der Waals surface area (Å²) in [7, 11) is 1.93. The summed E-state index contributed by atoms with van der Waals surface area (Å²) in [6.07, 6.45) is -3.64. The topological polar surface area (TPSA) is 38.5 Å². The first kappa shape index (κ1) is 16.7. The zero-order valence-corrected chi connectivity index (χ0v) is 10.8. The van der Waals surface area contributed by atoms with E-state index in [1.54, 1.807) is 0 Å². The van der Waals surface area contributed by atoms with Crippen molar-refractivity contribution in [2.45, 2.75) is 26.4 Å². The zero-order valence-electron chi connectivity index (χ0n) is 10.8. The van der Waals surface area contributed by atoms with Crippen molar-refractivity contribution in [1.82, 2.24) is 4.90 Å². The van der Waals surface area contributed by atoms with E-state index in [0.717, 1.165) is 6.54 Å². The first-order valence-electron chi connectivity index (χ1n) is 5.69. The average molecular weight is 256 g/mol. The van der Waals surface area contributed by atoms with Gasteiger partial charge in [-0.2, -0.15) is 13.2 Å². The van der Waals surface area contributed by atoms with Gasteiger partial charge in [0.2, 0.25) is 0 Å². The van der Waals surface area contributed by atoms with E-state index in [0.29, 0.717) is 19.5 Å². The Hall–Kier alpha value is -0.330. The third-order valence-corrected chi connectivity index (χ3v) is 2.34. The Kier molecular flexibility index (Phi) is 7.04. The minimum Gasteiger partial charge on any atom is -0.372 e. The van der Waals surface area contributed by atoms with Gasteiger partial charge in [-0.15, -0.1) is 0 Å². The van der Waals surface area contributed by atoms with Crippen LogP contribution in [-0.4, -0.2) is 51.0 Å². The summed E-state index contributed by atoms with van der Waals surface area (Å²) in [5.41, 5.74) is 5.63. The minimum atomic E-state index is -4.23. The fourth-order valence-electron chi connectivity index (χ4n) is 1.50. The highest BCUT2D eigenvalue weighted by atomic mass is 19.4. The average Bonchev–Trinajstić information content (AvgIpc) is 2.14. The van der Waals surface area contributed by atoms with Gasteiger partial charge < -0.3 is 15.4 Å². The zero-order chi connectivity index (χ0) is 13.5.